The zero-order chi connectivity index (χ0) is 47.3. The number of pyridine rings is 1. The molecule has 0 radical (unpaired) electrons. The number of hydrogen-bond donors (Lipinski definition) is 0. The third-order valence-corrected chi connectivity index (χ3v) is 9.51. The maximum absolute atomic E-state index is 15.0. The van der Waals surface area contributed by atoms with Crippen LogP contribution in [0.15, 0.2) is 107 Å². The molecule has 6 rings (SSSR count). The number of nitrogens with zero attached hydrogens (tertiary/aromatic N) is 3. The topological polar surface area (TPSA) is 54.8 Å². The molecule has 1 amide bonds. The Morgan fingerprint density at radius 2 is 1.71 bits per heavy atom. The number of carbonyl (C=O) groups is 1. The lowest BCUT2D eigenvalue weighted by Gasteiger charge is -2.39. The number of ether oxygens (including phenoxy) is 1. The molecule has 0 N–H and O–H groups in total. The highest BCUT2D eigenvalue weighted by Crippen LogP contribution is 2.32. The number of likely N-dealkylation sites (tertiary alicyclic amines) is 1. The molecule has 1 aliphatic heterocycles. The summed E-state index contributed by atoms with van der Waals surface area (Å²) in [6.45, 7) is -7.15. The third-order valence-electron chi connectivity index (χ3n) is 8.46. The van der Waals surface area contributed by atoms with Gasteiger partial charge in [0.1, 0.15) is 6.54 Å². The van der Waals surface area contributed by atoms with Crippen molar-refractivity contribution < 1.29 is 47.9 Å². The van der Waals surface area contributed by atoms with E-state index in [4.69, 9.17) is 18.4 Å². The largest absolute Gasteiger partial charge is 0.416 e. The van der Waals surface area contributed by atoms with E-state index in [0.717, 1.165) is 27.7 Å². The molecule has 0 aliphatic carbocycles. The fourth-order valence-electron chi connectivity index (χ4n) is 5.77. The van der Waals surface area contributed by atoms with Gasteiger partial charge in [-0.2, -0.15) is 13.2 Å². The minimum atomic E-state index is -4.58. The Labute approximate surface area is 319 Å². The number of thioether (sulfide) groups is 1. The number of benzene rings is 4. The SMILES string of the molecule is [2H]c1c([2H])c([2H])c2c(c1[2H])c(=O)c([2H])c(SCc1cccc(F)c1F)n2CC(=O)N(C1CCN(C([2H])([2H])COC([2H])([2H])[2H])CC1)C([2H])([2H])c1ccc(-c2ccc(C(F)(F)F)cc2)cc1. The Morgan fingerprint density at radius 1 is 1.02 bits per heavy atom. The van der Waals surface area contributed by atoms with Crippen LogP contribution in [0.4, 0.5) is 22.0 Å². The molecule has 12 heteroatoms. The molecule has 0 unspecified atom stereocenters. The highest BCUT2D eigenvalue weighted by Gasteiger charge is 2.31. The van der Waals surface area contributed by atoms with E-state index in [-0.39, 0.29) is 37.1 Å². The summed E-state index contributed by atoms with van der Waals surface area (Å²) >= 11 is 0.596. The number of rotatable bonds is 12. The normalized spacial score (nSPS) is 18.3. The first-order chi connectivity index (χ1) is 29.7. The van der Waals surface area contributed by atoms with E-state index < -0.39 is 126 Å². The second-order valence-corrected chi connectivity index (χ2v) is 12.7. The lowest BCUT2D eigenvalue weighted by atomic mass is 10.00. The molecule has 0 saturated carbocycles. The lowest BCUT2D eigenvalue weighted by molar-refractivity contribution is -0.137. The van der Waals surface area contributed by atoms with E-state index in [1.165, 1.54) is 53.4 Å². The number of aromatic nitrogens is 1. The fraction of sp³-hybridized carbons (Fsp3) is 0.300. The van der Waals surface area contributed by atoms with Gasteiger partial charge in [-0.25, -0.2) is 8.78 Å². The number of fused-ring (bicyclic) bond motifs is 1. The first-order valence-corrected chi connectivity index (χ1v) is 16.9. The molecule has 1 aromatic heterocycles. The molecule has 0 spiro atoms. The molecule has 1 aliphatic rings. The van der Waals surface area contributed by atoms with E-state index in [1.54, 1.807) is 0 Å². The van der Waals surface area contributed by atoms with E-state index in [1.807, 2.05) is 0 Å². The molecule has 52 heavy (non-hydrogen) atoms. The Balaban J connectivity index is 1.44. The lowest BCUT2D eigenvalue weighted by Crippen LogP contribution is -2.48. The van der Waals surface area contributed by atoms with E-state index >= 15 is 0 Å². The first-order valence-electron chi connectivity index (χ1n) is 21.9. The summed E-state index contributed by atoms with van der Waals surface area (Å²) < 4.78 is 175. The van der Waals surface area contributed by atoms with Gasteiger partial charge in [0.25, 0.3) is 0 Å². The Bertz CT molecular complexity index is 2630. The molecule has 0 bridgehead atoms. The molecular weight excluding hydrogens is 698 g/mol. The zero-order valence-electron chi connectivity index (χ0n) is 39.2. The van der Waals surface area contributed by atoms with Crippen molar-refractivity contribution in [3.63, 3.8) is 0 Å². The van der Waals surface area contributed by atoms with Crippen molar-refractivity contribution in [1.82, 2.24) is 14.4 Å². The molecular formula is C40H38F5N3O3S. The van der Waals surface area contributed by atoms with Crippen LogP contribution in [0, 0.1) is 11.6 Å². The standard InChI is InChI=1S/C40H38F5N3O3S/c1-51-22-21-46-19-17-32(18-20-46)47(24-27-9-11-28(12-10-27)29-13-15-31(16-14-29)40(43,44)45)37(50)25-48-35-8-3-2-6-33(35)36(49)23-38(48)52-26-30-5-4-7-34(41)39(30)42/h2-16,23,32H,17-22,24-26H2,1H3/i1D3,2D,3D,6D,8D,21D2,23D,24D2. The van der Waals surface area contributed by atoms with Gasteiger partial charge in [-0.3, -0.25) is 9.59 Å². The van der Waals surface area contributed by atoms with Crippen molar-refractivity contribution in [2.75, 3.05) is 33.2 Å². The Hall–Kier alpha value is -4.52. The zero-order valence-corrected chi connectivity index (χ0v) is 28.1. The van der Waals surface area contributed by atoms with Crippen molar-refractivity contribution >= 4 is 28.6 Å². The number of methoxy groups -OCH3 is 1. The number of halogens is 5. The van der Waals surface area contributed by atoms with Crippen LogP contribution in [-0.2, 0) is 34.5 Å². The van der Waals surface area contributed by atoms with E-state index in [9.17, 15) is 34.3 Å². The summed E-state index contributed by atoms with van der Waals surface area (Å²) in [5.41, 5.74) is -2.13. The van der Waals surface area contributed by atoms with Gasteiger partial charge in [0.15, 0.2) is 17.1 Å². The van der Waals surface area contributed by atoms with E-state index in [2.05, 4.69) is 0 Å². The average molecular weight is 748 g/mol. The van der Waals surface area contributed by atoms with Gasteiger partial charge in [0.05, 0.1) is 36.4 Å². The smallest absolute Gasteiger partial charge is 0.383 e. The van der Waals surface area contributed by atoms with Crippen LogP contribution in [0.1, 0.15) is 46.0 Å². The monoisotopic (exact) mass is 747 g/mol. The average Bonchev–Trinajstić information content (AvgIpc) is 3.23. The van der Waals surface area contributed by atoms with Crippen LogP contribution >= 0.6 is 11.8 Å². The third kappa shape index (κ3) is 8.74. The number of para-hydroxylation sites is 1. The van der Waals surface area contributed by atoms with Crippen molar-refractivity contribution in [2.45, 2.75) is 48.9 Å². The van der Waals surface area contributed by atoms with Crippen molar-refractivity contribution in [1.29, 1.82) is 0 Å². The minimum absolute atomic E-state index is 0.100. The van der Waals surface area contributed by atoms with Gasteiger partial charge in [0.2, 0.25) is 5.91 Å². The number of alkyl halides is 3. The van der Waals surface area contributed by atoms with Gasteiger partial charge < -0.3 is 19.1 Å². The highest BCUT2D eigenvalue weighted by molar-refractivity contribution is 7.98. The Morgan fingerprint density at radius 3 is 2.40 bits per heavy atom. The molecule has 1 saturated heterocycles. The summed E-state index contributed by atoms with van der Waals surface area (Å²) in [4.78, 5) is 30.8. The van der Waals surface area contributed by atoms with Crippen molar-refractivity contribution in [2.24, 2.45) is 0 Å². The van der Waals surface area contributed by atoms with Crippen LogP contribution in [0.25, 0.3) is 22.0 Å². The number of piperidine rings is 1. The van der Waals surface area contributed by atoms with E-state index in [0.29, 0.717) is 22.9 Å². The van der Waals surface area contributed by atoms with Gasteiger partial charge in [0, 0.05) is 64.6 Å². The first kappa shape index (κ1) is 24.7. The van der Waals surface area contributed by atoms with Crippen LogP contribution in [-0.4, -0.2) is 59.5 Å². The molecule has 6 nitrogen and oxygen atoms in total. The number of carbonyl (C=O) groups excluding carboxylic acids is 1. The second-order valence-electron chi connectivity index (χ2n) is 11.8. The number of amides is 1. The summed E-state index contributed by atoms with van der Waals surface area (Å²) in [7, 11) is -2.90. The van der Waals surface area contributed by atoms with Crippen LogP contribution in [0.3, 0.4) is 0 Å². The van der Waals surface area contributed by atoms with Gasteiger partial charge >= 0.3 is 6.18 Å². The van der Waals surface area contributed by atoms with Crippen LogP contribution in [0.2, 0.25) is 0 Å². The summed E-state index contributed by atoms with van der Waals surface area (Å²) in [5, 5.41) is -1.05. The predicted molar refractivity (Wildman–Crippen MR) is 193 cm³/mol. The van der Waals surface area contributed by atoms with Gasteiger partial charge in [-0.05, 0) is 59.8 Å². The second kappa shape index (κ2) is 16.4. The maximum Gasteiger partial charge on any atom is 0.416 e. The maximum atomic E-state index is 15.0. The summed E-state index contributed by atoms with van der Waals surface area (Å²) in [6.07, 6.45) is -4.78. The molecule has 1 fully saturated rings. The van der Waals surface area contributed by atoms with Crippen molar-refractivity contribution in [3.8, 4) is 11.1 Å². The summed E-state index contributed by atoms with van der Waals surface area (Å²) in [5.74, 6) is -3.92. The minimum Gasteiger partial charge on any atom is -0.383 e. The van der Waals surface area contributed by atoms with Crippen LogP contribution in [0.5, 0.6) is 0 Å². The molecule has 4 aromatic carbocycles. The summed E-state index contributed by atoms with van der Waals surface area (Å²) in [6, 6.07) is 7.92. The van der Waals surface area contributed by atoms with Gasteiger partial charge in [-0.15, -0.1) is 11.8 Å². The van der Waals surface area contributed by atoms with Crippen LogP contribution < -0.4 is 5.43 Å². The molecule has 0 atom stereocenters. The molecule has 272 valence electrons. The molecule has 2 heterocycles. The van der Waals surface area contributed by atoms with Crippen molar-refractivity contribution in [3.05, 3.63) is 135 Å². The number of hydrogen-bond acceptors (Lipinski definition) is 5. The fourth-order valence-corrected chi connectivity index (χ4v) is 6.77. The van der Waals surface area contributed by atoms with Gasteiger partial charge in [-0.1, -0.05) is 60.6 Å². The Kier molecular flexibility index (Phi) is 7.80. The predicted octanol–water partition coefficient (Wildman–Crippen LogP) is 8.40. The molecule has 5 aromatic rings. The quantitative estimate of drug-likeness (QED) is 0.0949. The highest BCUT2D eigenvalue weighted by atomic mass is 32.2.